The van der Waals surface area contributed by atoms with Gasteiger partial charge in [-0.1, -0.05) is 24.3 Å². The van der Waals surface area contributed by atoms with Crippen molar-refractivity contribution in [1.82, 2.24) is 19.8 Å². The fourth-order valence-corrected chi connectivity index (χ4v) is 4.00. The lowest BCUT2D eigenvalue weighted by Gasteiger charge is -2.30. The van der Waals surface area contributed by atoms with Gasteiger partial charge in [0.05, 0.1) is 6.04 Å². The van der Waals surface area contributed by atoms with Gasteiger partial charge >= 0.3 is 0 Å². The zero-order valence-electron chi connectivity index (χ0n) is 21.7. The van der Waals surface area contributed by atoms with E-state index in [9.17, 15) is 4.79 Å². The number of hydrogen-bond acceptors (Lipinski definition) is 8. The molecule has 1 aromatic heterocycles. The van der Waals surface area contributed by atoms with Crippen LogP contribution in [0.4, 0.5) is 5.82 Å². The fourth-order valence-electron chi connectivity index (χ4n) is 4.00. The quantitative estimate of drug-likeness (QED) is 0.252. The Balaban J connectivity index is 1.45. The molecular formula is C28H33N7O3. The van der Waals surface area contributed by atoms with Crippen molar-refractivity contribution in [2.75, 3.05) is 39.5 Å². The zero-order valence-corrected chi connectivity index (χ0v) is 21.7. The lowest BCUT2D eigenvalue weighted by Crippen LogP contribution is -2.41. The summed E-state index contributed by atoms with van der Waals surface area (Å²) >= 11 is 0. The van der Waals surface area contributed by atoms with E-state index in [2.05, 4.69) is 15.0 Å². The summed E-state index contributed by atoms with van der Waals surface area (Å²) in [7, 11) is 3.91. The highest BCUT2D eigenvalue weighted by molar-refractivity contribution is 6.03. The topological polar surface area (TPSA) is 132 Å². The summed E-state index contributed by atoms with van der Waals surface area (Å²) in [5.74, 6) is 2.43. The van der Waals surface area contributed by atoms with Crippen LogP contribution in [0.15, 0.2) is 78.1 Å². The number of nitrogens with zero attached hydrogens (tertiary/aromatic N) is 5. The number of amidine groups is 1. The number of aliphatic imine (C=N–C) groups is 1. The molecule has 4 rings (SSSR count). The summed E-state index contributed by atoms with van der Waals surface area (Å²) in [6, 6.07) is 16.5. The van der Waals surface area contributed by atoms with Gasteiger partial charge in [-0.25, -0.2) is 9.97 Å². The van der Waals surface area contributed by atoms with Gasteiger partial charge in [0, 0.05) is 25.7 Å². The number of amides is 1. The Bertz CT molecular complexity index is 1280. The number of hydrogen-bond donors (Lipinski definition) is 2. The molecule has 0 spiro atoms. The predicted molar refractivity (Wildman–Crippen MR) is 147 cm³/mol. The lowest BCUT2D eigenvalue weighted by molar-refractivity contribution is -0.127. The first kappa shape index (κ1) is 26.6. The molecule has 1 saturated heterocycles. The molecule has 198 valence electrons. The van der Waals surface area contributed by atoms with Crippen LogP contribution in [0.25, 0.3) is 0 Å². The maximum absolute atomic E-state index is 12.6. The Labute approximate surface area is 222 Å². The highest BCUT2D eigenvalue weighted by Crippen LogP contribution is 2.29. The Morgan fingerprint density at radius 1 is 1.08 bits per heavy atom. The van der Waals surface area contributed by atoms with Crippen LogP contribution < -0.4 is 20.9 Å². The first-order valence-corrected chi connectivity index (χ1v) is 12.4. The second-order valence-electron chi connectivity index (χ2n) is 9.19. The van der Waals surface area contributed by atoms with Gasteiger partial charge in [0.25, 0.3) is 0 Å². The van der Waals surface area contributed by atoms with E-state index in [1.165, 1.54) is 6.33 Å². The third kappa shape index (κ3) is 7.30. The van der Waals surface area contributed by atoms with E-state index in [1.54, 1.807) is 35.2 Å². The SMILES string of the molecule is CN(C)C/C=C/C(=O)N1CCCC(N=C(N)c2c(N)ncnc2Oc2ccc(Oc3ccccc3)cc2)C1. The summed E-state index contributed by atoms with van der Waals surface area (Å²) in [5, 5.41) is 0. The van der Waals surface area contributed by atoms with Gasteiger partial charge < -0.3 is 30.7 Å². The molecular weight excluding hydrogens is 482 g/mol. The molecule has 1 atom stereocenters. The second kappa shape index (κ2) is 12.7. The molecule has 0 aliphatic carbocycles. The molecule has 10 heteroatoms. The van der Waals surface area contributed by atoms with Crippen molar-refractivity contribution in [2.45, 2.75) is 18.9 Å². The number of ether oxygens (including phenoxy) is 2. The molecule has 1 amide bonds. The maximum Gasteiger partial charge on any atom is 0.246 e. The van der Waals surface area contributed by atoms with Crippen molar-refractivity contribution in [2.24, 2.45) is 10.7 Å². The molecule has 3 aromatic rings. The van der Waals surface area contributed by atoms with E-state index in [-0.39, 0.29) is 29.5 Å². The van der Waals surface area contributed by atoms with Crippen LogP contribution in [-0.4, -0.2) is 71.3 Å². The number of aromatic nitrogens is 2. The molecule has 0 bridgehead atoms. The van der Waals surface area contributed by atoms with E-state index in [4.69, 9.17) is 20.9 Å². The molecule has 0 saturated carbocycles. The van der Waals surface area contributed by atoms with E-state index < -0.39 is 0 Å². The van der Waals surface area contributed by atoms with Crippen LogP contribution in [0.3, 0.4) is 0 Å². The molecule has 1 aliphatic heterocycles. The Morgan fingerprint density at radius 3 is 2.47 bits per heavy atom. The maximum atomic E-state index is 12.6. The van der Waals surface area contributed by atoms with Crippen LogP contribution in [-0.2, 0) is 4.79 Å². The third-order valence-electron chi connectivity index (χ3n) is 5.88. The Morgan fingerprint density at radius 2 is 1.76 bits per heavy atom. The molecule has 1 unspecified atom stereocenters. The number of piperidine rings is 1. The summed E-state index contributed by atoms with van der Waals surface area (Å²) in [6.45, 7) is 1.86. The number of para-hydroxylation sites is 1. The van der Waals surface area contributed by atoms with Crippen LogP contribution in [0.1, 0.15) is 18.4 Å². The van der Waals surface area contributed by atoms with E-state index in [0.29, 0.717) is 36.7 Å². The largest absolute Gasteiger partial charge is 0.457 e. The van der Waals surface area contributed by atoms with Crippen LogP contribution in [0, 0.1) is 0 Å². The minimum Gasteiger partial charge on any atom is -0.457 e. The number of likely N-dealkylation sites (N-methyl/N-ethyl adjacent to an activating group) is 1. The number of benzene rings is 2. The van der Waals surface area contributed by atoms with Gasteiger partial charge in [0.1, 0.15) is 40.8 Å². The molecule has 10 nitrogen and oxygen atoms in total. The van der Waals surface area contributed by atoms with E-state index >= 15 is 0 Å². The summed E-state index contributed by atoms with van der Waals surface area (Å²) in [5.41, 5.74) is 12.9. The minimum absolute atomic E-state index is 0.0309. The molecule has 1 aliphatic rings. The Hall–Kier alpha value is -4.44. The molecule has 38 heavy (non-hydrogen) atoms. The molecule has 2 aromatic carbocycles. The summed E-state index contributed by atoms with van der Waals surface area (Å²) in [4.78, 5) is 29.4. The third-order valence-corrected chi connectivity index (χ3v) is 5.88. The van der Waals surface area contributed by atoms with Crippen molar-refractivity contribution in [3.8, 4) is 23.1 Å². The van der Waals surface area contributed by atoms with Gasteiger partial charge in [-0.15, -0.1) is 0 Å². The van der Waals surface area contributed by atoms with Gasteiger partial charge in [0.2, 0.25) is 11.8 Å². The average Bonchev–Trinajstić information content (AvgIpc) is 2.90. The number of nitrogens with two attached hydrogens (primary N) is 2. The van der Waals surface area contributed by atoms with Gasteiger partial charge in [-0.3, -0.25) is 9.79 Å². The van der Waals surface area contributed by atoms with E-state index in [1.807, 2.05) is 55.4 Å². The predicted octanol–water partition coefficient (Wildman–Crippen LogP) is 3.46. The fraction of sp³-hybridized carbons (Fsp3) is 0.286. The molecule has 4 N–H and O–H groups in total. The summed E-state index contributed by atoms with van der Waals surface area (Å²) in [6.07, 6.45) is 6.42. The van der Waals surface area contributed by atoms with Crippen molar-refractivity contribution in [3.05, 3.63) is 78.6 Å². The van der Waals surface area contributed by atoms with Crippen molar-refractivity contribution in [1.29, 1.82) is 0 Å². The average molecular weight is 516 g/mol. The van der Waals surface area contributed by atoms with Gasteiger partial charge in [-0.2, -0.15) is 0 Å². The number of carbonyl (C=O) groups is 1. The first-order chi connectivity index (χ1) is 18.4. The Kier molecular flexibility index (Phi) is 8.89. The van der Waals surface area contributed by atoms with Crippen molar-refractivity contribution >= 4 is 17.6 Å². The van der Waals surface area contributed by atoms with Crippen molar-refractivity contribution in [3.63, 3.8) is 0 Å². The van der Waals surface area contributed by atoms with Crippen molar-refractivity contribution < 1.29 is 14.3 Å². The number of carbonyl (C=O) groups excluding carboxylic acids is 1. The molecule has 2 heterocycles. The standard InChI is InChI=1S/C28H33N7O3/c1-34(2)16-7-11-24(36)35-17-6-8-20(18-35)33-27(30)25-26(29)31-19-32-28(25)38-23-14-12-22(13-15-23)37-21-9-4-3-5-10-21/h3-5,7,9-15,19-20H,6,8,16-18H2,1-2H3,(H2,30,33)(H2,29,31,32)/b11-7+. The number of likely N-dealkylation sites (tertiary alicyclic amines) is 1. The minimum atomic E-state index is -0.170. The number of anilines is 1. The first-order valence-electron chi connectivity index (χ1n) is 12.4. The number of nitrogen functional groups attached to an aromatic ring is 1. The molecule has 1 fully saturated rings. The molecule has 0 radical (unpaired) electrons. The van der Waals surface area contributed by atoms with E-state index in [0.717, 1.165) is 18.6 Å². The van der Waals surface area contributed by atoms with Gasteiger partial charge in [0.15, 0.2) is 0 Å². The van der Waals surface area contributed by atoms with Crippen LogP contribution >= 0.6 is 0 Å². The van der Waals surface area contributed by atoms with Crippen LogP contribution in [0.5, 0.6) is 23.1 Å². The monoisotopic (exact) mass is 515 g/mol. The lowest BCUT2D eigenvalue weighted by atomic mass is 10.1. The highest BCUT2D eigenvalue weighted by atomic mass is 16.5. The van der Waals surface area contributed by atoms with Gasteiger partial charge in [-0.05, 0) is 63.3 Å². The number of rotatable bonds is 9. The summed E-state index contributed by atoms with van der Waals surface area (Å²) < 4.78 is 11.8. The zero-order chi connectivity index (χ0) is 26.9. The second-order valence-corrected chi connectivity index (χ2v) is 9.19. The normalized spacial score (nSPS) is 16.1. The smallest absolute Gasteiger partial charge is 0.246 e. The highest BCUT2D eigenvalue weighted by Gasteiger charge is 2.24. The van der Waals surface area contributed by atoms with Crippen LogP contribution in [0.2, 0.25) is 0 Å².